The van der Waals surface area contributed by atoms with Crippen LogP contribution in [-0.4, -0.2) is 52.9 Å². The maximum Gasteiger partial charge on any atom is 0.317 e. The highest BCUT2D eigenvalue weighted by atomic mass is 16.4. The summed E-state index contributed by atoms with van der Waals surface area (Å²) in [6.45, 7) is 6.08. The molecule has 0 aromatic heterocycles. The van der Waals surface area contributed by atoms with Crippen LogP contribution in [0.15, 0.2) is 0 Å². The summed E-state index contributed by atoms with van der Waals surface area (Å²) in [7, 11) is 0. The summed E-state index contributed by atoms with van der Waals surface area (Å²) in [5.41, 5.74) is -0.973. The van der Waals surface area contributed by atoms with E-state index < -0.39 is 17.5 Å². The van der Waals surface area contributed by atoms with Gasteiger partial charge >= 0.3 is 12.0 Å². The Labute approximate surface area is 107 Å². The Kier molecular flexibility index (Phi) is 4.56. The van der Waals surface area contributed by atoms with Crippen molar-refractivity contribution >= 4 is 12.0 Å². The largest absolute Gasteiger partial charge is 0.481 e. The van der Waals surface area contributed by atoms with E-state index in [-0.39, 0.29) is 18.5 Å². The number of carbonyl (C=O) groups excluding carboxylic acids is 1. The molecule has 1 saturated heterocycles. The minimum absolute atomic E-state index is 0.0943. The summed E-state index contributed by atoms with van der Waals surface area (Å²) in [5, 5.41) is 21.0. The Bertz CT molecular complexity index is 328. The van der Waals surface area contributed by atoms with Crippen LogP contribution in [0.4, 0.5) is 4.79 Å². The zero-order chi connectivity index (χ0) is 13.9. The van der Waals surface area contributed by atoms with E-state index in [1.54, 1.807) is 25.7 Å². The van der Waals surface area contributed by atoms with Gasteiger partial charge in [0.15, 0.2) is 0 Å². The molecule has 1 aliphatic heterocycles. The van der Waals surface area contributed by atoms with Gasteiger partial charge in [0.05, 0.1) is 11.5 Å². The fourth-order valence-corrected chi connectivity index (χ4v) is 1.85. The molecule has 2 unspecified atom stereocenters. The van der Waals surface area contributed by atoms with Crippen molar-refractivity contribution in [1.29, 1.82) is 0 Å². The Morgan fingerprint density at radius 3 is 2.56 bits per heavy atom. The van der Waals surface area contributed by atoms with Crippen LogP contribution in [0.25, 0.3) is 0 Å². The molecule has 1 fully saturated rings. The number of amides is 2. The van der Waals surface area contributed by atoms with E-state index in [0.717, 1.165) is 6.42 Å². The summed E-state index contributed by atoms with van der Waals surface area (Å²) >= 11 is 0. The first-order valence-corrected chi connectivity index (χ1v) is 6.18. The number of likely N-dealkylation sites (tertiary alicyclic amines) is 1. The second-order valence-corrected chi connectivity index (χ2v) is 5.58. The third-order valence-electron chi connectivity index (χ3n) is 3.45. The number of rotatable bonds is 4. The number of nitrogens with zero attached hydrogens (tertiary/aromatic N) is 1. The SMILES string of the molecule is CC(O)C1CCN(C(=O)NCC(C)(C)C(=O)O)C1. The van der Waals surface area contributed by atoms with Gasteiger partial charge in [0.1, 0.15) is 0 Å². The summed E-state index contributed by atoms with van der Waals surface area (Å²) < 4.78 is 0. The molecule has 1 aliphatic rings. The highest BCUT2D eigenvalue weighted by Crippen LogP contribution is 2.20. The Hall–Kier alpha value is -1.30. The molecule has 0 saturated carbocycles. The molecule has 1 rings (SSSR count). The lowest BCUT2D eigenvalue weighted by molar-refractivity contribution is -0.146. The van der Waals surface area contributed by atoms with Gasteiger partial charge < -0.3 is 20.4 Å². The number of hydrogen-bond donors (Lipinski definition) is 3. The molecule has 0 radical (unpaired) electrons. The van der Waals surface area contributed by atoms with Crippen LogP contribution in [0.2, 0.25) is 0 Å². The van der Waals surface area contributed by atoms with Crippen LogP contribution in [0.5, 0.6) is 0 Å². The van der Waals surface area contributed by atoms with Gasteiger partial charge in [-0.25, -0.2) is 4.79 Å². The van der Waals surface area contributed by atoms with E-state index in [0.29, 0.717) is 13.1 Å². The molecule has 104 valence electrons. The predicted molar refractivity (Wildman–Crippen MR) is 66.2 cm³/mol. The molecule has 3 N–H and O–H groups in total. The van der Waals surface area contributed by atoms with Crippen molar-refractivity contribution in [2.75, 3.05) is 19.6 Å². The van der Waals surface area contributed by atoms with Gasteiger partial charge in [-0.05, 0) is 27.2 Å². The van der Waals surface area contributed by atoms with E-state index in [4.69, 9.17) is 5.11 Å². The Balaban J connectivity index is 2.41. The smallest absolute Gasteiger partial charge is 0.317 e. The highest BCUT2D eigenvalue weighted by molar-refractivity contribution is 5.77. The molecule has 2 amide bonds. The number of aliphatic hydroxyl groups excluding tert-OH is 1. The Morgan fingerprint density at radius 2 is 2.11 bits per heavy atom. The zero-order valence-corrected chi connectivity index (χ0v) is 11.1. The van der Waals surface area contributed by atoms with Crippen LogP contribution < -0.4 is 5.32 Å². The lowest BCUT2D eigenvalue weighted by atomic mass is 9.94. The minimum atomic E-state index is -0.973. The minimum Gasteiger partial charge on any atom is -0.481 e. The van der Waals surface area contributed by atoms with Gasteiger partial charge in [-0.3, -0.25) is 4.79 Å². The van der Waals surface area contributed by atoms with Gasteiger partial charge in [-0.2, -0.15) is 0 Å². The van der Waals surface area contributed by atoms with Crippen molar-refractivity contribution in [1.82, 2.24) is 10.2 Å². The summed E-state index contributed by atoms with van der Waals surface area (Å²) in [4.78, 5) is 24.3. The van der Waals surface area contributed by atoms with Crippen molar-refractivity contribution in [3.63, 3.8) is 0 Å². The lowest BCUT2D eigenvalue weighted by Gasteiger charge is -2.23. The summed E-state index contributed by atoms with van der Waals surface area (Å²) in [5.74, 6) is -0.825. The van der Waals surface area contributed by atoms with Gasteiger partial charge in [-0.1, -0.05) is 0 Å². The van der Waals surface area contributed by atoms with Crippen molar-refractivity contribution in [2.24, 2.45) is 11.3 Å². The molecular weight excluding hydrogens is 236 g/mol. The average Bonchev–Trinajstić information content (AvgIpc) is 2.75. The van der Waals surface area contributed by atoms with Crippen molar-refractivity contribution in [2.45, 2.75) is 33.3 Å². The fraction of sp³-hybridized carbons (Fsp3) is 0.833. The second-order valence-electron chi connectivity index (χ2n) is 5.58. The monoisotopic (exact) mass is 258 g/mol. The number of urea groups is 1. The molecule has 0 spiro atoms. The fourth-order valence-electron chi connectivity index (χ4n) is 1.85. The molecule has 18 heavy (non-hydrogen) atoms. The van der Waals surface area contributed by atoms with Crippen molar-refractivity contribution < 1.29 is 19.8 Å². The van der Waals surface area contributed by atoms with Gasteiger partial charge in [0.25, 0.3) is 0 Å². The Morgan fingerprint density at radius 1 is 1.50 bits per heavy atom. The number of carboxylic acids is 1. The van der Waals surface area contributed by atoms with Crippen LogP contribution in [0.1, 0.15) is 27.2 Å². The molecular formula is C12H22N2O4. The van der Waals surface area contributed by atoms with E-state index >= 15 is 0 Å². The van der Waals surface area contributed by atoms with Gasteiger partial charge in [0.2, 0.25) is 0 Å². The van der Waals surface area contributed by atoms with Crippen LogP contribution in [0.3, 0.4) is 0 Å². The van der Waals surface area contributed by atoms with Gasteiger partial charge in [0, 0.05) is 25.6 Å². The first-order chi connectivity index (χ1) is 8.24. The van der Waals surface area contributed by atoms with Gasteiger partial charge in [-0.15, -0.1) is 0 Å². The maximum atomic E-state index is 11.8. The van der Waals surface area contributed by atoms with Crippen LogP contribution in [-0.2, 0) is 4.79 Å². The third-order valence-corrected chi connectivity index (χ3v) is 3.45. The topological polar surface area (TPSA) is 89.9 Å². The second kappa shape index (κ2) is 5.56. The maximum absolute atomic E-state index is 11.8. The first-order valence-electron chi connectivity index (χ1n) is 6.18. The number of aliphatic carboxylic acids is 1. The number of carbonyl (C=O) groups is 2. The third kappa shape index (κ3) is 3.60. The number of hydrogen-bond acceptors (Lipinski definition) is 3. The van der Waals surface area contributed by atoms with E-state index in [1.165, 1.54) is 0 Å². The molecule has 0 aliphatic carbocycles. The first kappa shape index (κ1) is 14.8. The number of nitrogens with one attached hydrogen (secondary N) is 1. The standard InChI is InChI=1S/C12H22N2O4/c1-8(15)9-4-5-14(6-9)11(18)13-7-12(2,3)10(16)17/h8-9,15H,4-7H2,1-3H3,(H,13,18)(H,16,17). The molecule has 1 heterocycles. The van der Waals surface area contributed by atoms with Crippen molar-refractivity contribution in [3.05, 3.63) is 0 Å². The summed E-state index contributed by atoms with van der Waals surface area (Å²) in [6, 6.07) is -0.257. The number of aliphatic hydroxyl groups is 1. The quantitative estimate of drug-likeness (QED) is 0.685. The molecule has 0 aromatic rings. The molecule has 6 heteroatoms. The molecule has 6 nitrogen and oxygen atoms in total. The summed E-state index contributed by atoms with van der Waals surface area (Å²) in [6.07, 6.45) is 0.367. The van der Waals surface area contributed by atoms with Crippen LogP contribution in [0, 0.1) is 11.3 Å². The lowest BCUT2D eigenvalue weighted by Crippen LogP contribution is -2.45. The van der Waals surface area contributed by atoms with E-state index in [2.05, 4.69) is 5.32 Å². The average molecular weight is 258 g/mol. The molecule has 0 aromatic carbocycles. The molecule has 0 bridgehead atoms. The highest BCUT2D eigenvalue weighted by Gasteiger charge is 2.31. The van der Waals surface area contributed by atoms with E-state index in [9.17, 15) is 14.7 Å². The molecule has 2 atom stereocenters. The normalized spacial score (nSPS) is 21.8. The van der Waals surface area contributed by atoms with Crippen LogP contribution >= 0.6 is 0 Å². The predicted octanol–water partition coefficient (Wildman–Crippen LogP) is 0.509. The van der Waals surface area contributed by atoms with Crippen molar-refractivity contribution in [3.8, 4) is 0 Å². The zero-order valence-electron chi connectivity index (χ0n) is 11.1. The van der Waals surface area contributed by atoms with E-state index in [1.807, 2.05) is 0 Å². The number of carboxylic acid groups (broad SMARTS) is 1.